The predicted molar refractivity (Wildman–Crippen MR) is 51.6 cm³/mol. The van der Waals surface area contributed by atoms with Crippen LogP contribution < -0.4 is 4.74 Å². The quantitative estimate of drug-likeness (QED) is 0.707. The molecule has 1 aliphatic rings. The Hall–Kier alpha value is -1.28. The minimum atomic E-state index is -0.635. The van der Waals surface area contributed by atoms with Gasteiger partial charge in [-0.05, 0) is 13.0 Å². The van der Waals surface area contributed by atoms with Gasteiger partial charge in [0.05, 0.1) is 6.61 Å². The average molecular weight is 176 g/mol. The van der Waals surface area contributed by atoms with Crippen LogP contribution in [-0.4, -0.2) is 17.3 Å². The number of benzene rings is 1. The maximum absolute atomic E-state index is 9.18. The van der Waals surface area contributed by atoms with Gasteiger partial charge < -0.3 is 9.84 Å². The second-order valence-electron chi connectivity index (χ2n) is 3.47. The van der Waals surface area contributed by atoms with Gasteiger partial charge in [-0.2, -0.15) is 0 Å². The first-order valence-corrected chi connectivity index (χ1v) is 4.26. The summed E-state index contributed by atoms with van der Waals surface area (Å²) in [6.45, 7) is 5.74. The number of aliphatic hydroxyl groups is 1. The smallest absolute Gasteiger partial charge is 0.154 e. The normalized spacial score (nSPS) is 25.5. The highest BCUT2D eigenvalue weighted by atomic mass is 16.5. The molecule has 0 bridgehead atoms. The van der Waals surface area contributed by atoms with Gasteiger partial charge in [0.1, 0.15) is 5.75 Å². The van der Waals surface area contributed by atoms with Gasteiger partial charge in [0.25, 0.3) is 0 Å². The summed E-state index contributed by atoms with van der Waals surface area (Å²) in [5.41, 5.74) is 1.22. The molecule has 13 heavy (non-hydrogen) atoms. The molecule has 1 unspecified atom stereocenters. The van der Waals surface area contributed by atoms with Crippen LogP contribution in [0.1, 0.15) is 12.5 Å². The molecule has 0 amide bonds. The van der Waals surface area contributed by atoms with Crippen LogP contribution in [0, 0.1) is 0 Å². The Balaban J connectivity index is 2.50. The standard InChI is InChI=1S/C11H12O2/c1-8-9-5-3-4-6-10(9)13-11(8,2)7-12/h3-6,12H,1,7H2,2H3. The molecule has 0 spiro atoms. The fourth-order valence-corrected chi connectivity index (χ4v) is 1.52. The van der Waals surface area contributed by atoms with Crippen molar-refractivity contribution in [3.05, 3.63) is 36.4 Å². The van der Waals surface area contributed by atoms with Crippen LogP contribution in [0.15, 0.2) is 30.8 Å². The van der Waals surface area contributed by atoms with Crippen molar-refractivity contribution >= 4 is 5.57 Å². The third kappa shape index (κ3) is 1.06. The lowest BCUT2D eigenvalue weighted by molar-refractivity contribution is 0.0855. The number of ether oxygens (including phenoxy) is 1. The summed E-state index contributed by atoms with van der Waals surface area (Å²) in [6.07, 6.45) is 0. The van der Waals surface area contributed by atoms with E-state index in [0.29, 0.717) is 0 Å². The van der Waals surface area contributed by atoms with Crippen LogP contribution in [0.2, 0.25) is 0 Å². The fraction of sp³-hybridized carbons (Fsp3) is 0.273. The van der Waals surface area contributed by atoms with Crippen molar-refractivity contribution in [3.63, 3.8) is 0 Å². The van der Waals surface area contributed by atoms with Gasteiger partial charge in [0.2, 0.25) is 0 Å². The summed E-state index contributed by atoms with van der Waals surface area (Å²) in [5, 5.41) is 9.18. The first-order chi connectivity index (χ1) is 6.17. The average Bonchev–Trinajstić information content (AvgIpc) is 2.41. The number of hydrogen-bond donors (Lipinski definition) is 1. The molecule has 1 N–H and O–H groups in total. The van der Waals surface area contributed by atoms with E-state index in [2.05, 4.69) is 6.58 Å². The summed E-state index contributed by atoms with van der Waals surface area (Å²) in [6, 6.07) is 7.70. The van der Waals surface area contributed by atoms with Gasteiger partial charge in [0, 0.05) is 11.1 Å². The molecule has 68 valence electrons. The Kier molecular flexibility index (Phi) is 1.67. The number of rotatable bonds is 1. The predicted octanol–water partition coefficient (Wildman–Crippen LogP) is 1.84. The lowest BCUT2D eigenvalue weighted by atomic mass is 9.95. The van der Waals surface area contributed by atoms with E-state index < -0.39 is 5.60 Å². The van der Waals surface area contributed by atoms with Crippen LogP contribution in [-0.2, 0) is 0 Å². The second-order valence-corrected chi connectivity index (χ2v) is 3.47. The van der Waals surface area contributed by atoms with Crippen LogP contribution in [0.4, 0.5) is 0 Å². The van der Waals surface area contributed by atoms with Gasteiger partial charge in [-0.1, -0.05) is 24.8 Å². The van der Waals surface area contributed by atoms with Gasteiger partial charge in [-0.15, -0.1) is 0 Å². The van der Waals surface area contributed by atoms with Gasteiger partial charge >= 0.3 is 0 Å². The highest BCUT2D eigenvalue weighted by Crippen LogP contribution is 2.42. The molecular formula is C11H12O2. The van der Waals surface area contributed by atoms with E-state index >= 15 is 0 Å². The molecule has 2 heteroatoms. The van der Waals surface area contributed by atoms with E-state index in [1.54, 1.807) is 0 Å². The summed E-state index contributed by atoms with van der Waals surface area (Å²) in [5.74, 6) is 0.809. The molecule has 1 atom stereocenters. The lowest BCUT2D eigenvalue weighted by Gasteiger charge is -2.22. The maximum atomic E-state index is 9.18. The number of para-hydroxylation sites is 1. The third-order valence-corrected chi connectivity index (χ3v) is 2.49. The van der Waals surface area contributed by atoms with Gasteiger partial charge in [-0.3, -0.25) is 0 Å². The first kappa shape index (κ1) is 8.32. The topological polar surface area (TPSA) is 29.5 Å². The monoisotopic (exact) mass is 176 g/mol. The molecule has 2 nitrogen and oxygen atoms in total. The van der Waals surface area contributed by atoms with E-state index in [1.807, 2.05) is 31.2 Å². The number of fused-ring (bicyclic) bond motifs is 1. The van der Waals surface area contributed by atoms with E-state index in [9.17, 15) is 5.11 Å². The Labute approximate surface area is 77.5 Å². The summed E-state index contributed by atoms with van der Waals surface area (Å²) in [4.78, 5) is 0. The molecule has 1 heterocycles. The fourth-order valence-electron chi connectivity index (χ4n) is 1.52. The molecule has 1 aromatic rings. The van der Waals surface area contributed by atoms with Crippen LogP contribution >= 0.6 is 0 Å². The van der Waals surface area contributed by atoms with Gasteiger partial charge in [-0.25, -0.2) is 0 Å². The molecule has 2 rings (SSSR count). The first-order valence-electron chi connectivity index (χ1n) is 4.26. The maximum Gasteiger partial charge on any atom is 0.154 e. The third-order valence-electron chi connectivity index (χ3n) is 2.49. The van der Waals surface area contributed by atoms with Gasteiger partial charge in [0.15, 0.2) is 5.60 Å². The zero-order chi connectivity index (χ0) is 9.47. The molecule has 1 aliphatic heterocycles. The van der Waals surface area contributed by atoms with E-state index in [4.69, 9.17) is 4.74 Å². The molecule has 0 fully saturated rings. The summed E-state index contributed by atoms with van der Waals surface area (Å²) < 4.78 is 5.61. The van der Waals surface area contributed by atoms with Crippen LogP contribution in [0.25, 0.3) is 5.57 Å². The Morgan fingerprint density at radius 3 is 2.77 bits per heavy atom. The number of hydrogen-bond acceptors (Lipinski definition) is 2. The van der Waals surface area contributed by atoms with E-state index in [1.165, 1.54) is 0 Å². The highest BCUT2D eigenvalue weighted by Gasteiger charge is 2.37. The summed E-state index contributed by atoms with van der Waals surface area (Å²) >= 11 is 0. The Morgan fingerprint density at radius 1 is 1.46 bits per heavy atom. The molecule has 1 aromatic carbocycles. The van der Waals surface area contributed by atoms with Crippen molar-refractivity contribution in [1.29, 1.82) is 0 Å². The lowest BCUT2D eigenvalue weighted by Crippen LogP contribution is -2.33. The van der Waals surface area contributed by atoms with Crippen LogP contribution in [0.5, 0.6) is 5.75 Å². The Bertz CT molecular complexity index is 357. The van der Waals surface area contributed by atoms with Crippen molar-refractivity contribution in [1.82, 2.24) is 0 Å². The van der Waals surface area contributed by atoms with E-state index in [0.717, 1.165) is 16.9 Å². The molecular weight excluding hydrogens is 164 g/mol. The molecule has 0 saturated heterocycles. The highest BCUT2D eigenvalue weighted by molar-refractivity contribution is 5.78. The van der Waals surface area contributed by atoms with Crippen molar-refractivity contribution in [2.45, 2.75) is 12.5 Å². The molecule has 0 aliphatic carbocycles. The largest absolute Gasteiger partial charge is 0.480 e. The van der Waals surface area contributed by atoms with Crippen molar-refractivity contribution in [3.8, 4) is 5.75 Å². The summed E-state index contributed by atoms with van der Waals surface area (Å²) in [7, 11) is 0. The Morgan fingerprint density at radius 2 is 2.15 bits per heavy atom. The second kappa shape index (κ2) is 2.60. The minimum Gasteiger partial charge on any atom is -0.480 e. The molecule has 0 aromatic heterocycles. The number of aliphatic hydroxyl groups excluding tert-OH is 1. The molecule has 0 saturated carbocycles. The zero-order valence-corrected chi connectivity index (χ0v) is 7.58. The van der Waals surface area contributed by atoms with Crippen molar-refractivity contribution < 1.29 is 9.84 Å². The SMILES string of the molecule is C=C1c2ccccc2OC1(C)CO. The van der Waals surface area contributed by atoms with E-state index in [-0.39, 0.29) is 6.61 Å². The van der Waals surface area contributed by atoms with Crippen LogP contribution in [0.3, 0.4) is 0 Å². The molecule has 0 radical (unpaired) electrons. The van der Waals surface area contributed by atoms with Crippen molar-refractivity contribution in [2.75, 3.05) is 6.61 Å². The minimum absolute atomic E-state index is 0.0412. The van der Waals surface area contributed by atoms with Crippen molar-refractivity contribution in [2.24, 2.45) is 0 Å². The zero-order valence-electron chi connectivity index (χ0n) is 7.58.